The molecule has 2 aromatic rings. The highest BCUT2D eigenvalue weighted by Gasteiger charge is 2.43. The second kappa shape index (κ2) is 8.53. The summed E-state index contributed by atoms with van der Waals surface area (Å²) in [4.78, 5) is 0. The average molecular weight is 370 g/mol. The molecule has 0 aliphatic heterocycles. The van der Waals surface area contributed by atoms with Gasteiger partial charge in [0.2, 0.25) is 0 Å². The van der Waals surface area contributed by atoms with E-state index in [1.54, 1.807) is 0 Å². The van der Waals surface area contributed by atoms with Crippen molar-refractivity contribution < 1.29 is 20.4 Å². The highest BCUT2D eigenvalue weighted by Crippen LogP contribution is 2.38. The van der Waals surface area contributed by atoms with Gasteiger partial charge in [0.1, 0.15) is 6.10 Å². The molecule has 0 bridgehead atoms. The maximum Gasteiger partial charge on any atom is 0.107 e. The third kappa shape index (κ3) is 4.25. The number of rotatable bonds is 5. The number of aliphatic hydroxyl groups is 4. The zero-order chi connectivity index (χ0) is 19.6. The lowest BCUT2D eigenvalue weighted by atomic mass is 9.72. The minimum Gasteiger partial charge on any atom is -0.396 e. The largest absolute Gasteiger partial charge is 0.396 e. The van der Waals surface area contributed by atoms with Gasteiger partial charge in [-0.2, -0.15) is 0 Å². The topological polar surface area (TPSA) is 80.9 Å². The molecule has 0 spiro atoms. The molecule has 1 saturated carbocycles. The normalized spacial score (nSPS) is 28.3. The Morgan fingerprint density at radius 2 is 1.48 bits per heavy atom. The standard InChI is InChI=1S/C23H30O4/c1-3-15-6-8-16(9-7-15)10-17-5-4-14(2)19(11-17)20-12-18(13-24)21(25)23(27)22(20)26/h4-9,11,18,20-27H,3,10,12-13H2,1-2H3/t18-,20+,21-,22+,23+/m1/s1. The SMILES string of the molecule is CCc1ccc(Cc2ccc(C)c([C@@H]3C[C@H](CO)[C@@H](O)[C@H](O)[C@H]3O)c2)cc1. The summed E-state index contributed by atoms with van der Waals surface area (Å²) < 4.78 is 0. The molecule has 27 heavy (non-hydrogen) atoms. The second-order valence-corrected chi connectivity index (χ2v) is 7.79. The molecule has 0 saturated heterocycles. The van der Waals surface area contributed by atoms with Crippen molar-refractivity contribution in [1.82, 2.24) is 0 Å². The molecule has 0 unspecified atom stereocenters. The number of hydrogen-bond acceptors (Lipinski definition) is 4. The van der Waals surface area contributed by atoms with E-state index >= 15 is 0 Å². The second-order valence-electron chi connectivity index (χ2n) is 7.79. The van der Waals surface area contributed by atoms with E-state index in [2.05, 4.69) is 43.3 Å². The van der Waals surface area contributed by atoms with Crippen molar-refractivity contribution in [3.05, 3.63) is 70.3 Å². The third-order valence-electron chi connectivity index (χ3n) is 5.97. The number of benzene rings is 2. The van der Waals surface area contributed by atoms with Crippen LogP contribution in [0.25, 0.3) is 0 Å². The number of aryl methyl sites for hydroxylation is 2. The zero-order valence-electron chi connectivity index (χ0n) is 16.0. The maximum atomic E-state index is 10.5. The van der Waals surface area contributed by atoms with E-state index in [0.717, 1.165) is 29.5 Å². The lowest BCUT2D eigenvalue weighted by Gasteiger charge is -2.40. The van der Waals surface area contributed by atoms with Crippen LogP contribution < -0.4 is 0 Å². The van der Waals surface area contributed by atoms with Crippen LogP contribution in [0.5, 0.6) is 0 Å². The number of hydrogen-bond donors (Lipinski definition) is 4. The molecule has 0 aromatic heterocycles. The Labute approximate surface area is 161 Å². The van der Waals surface area contributed by atoms with Crippen LogP contribution in [0.3, 0.4) is 0 Å². The molecule has 1 aliphatic carbocycles. The molecule has 4 nitrogen and oxygen atoms in total. The van der Waals surface area contributed by atoms with E-state index in [-0.39, 0.29) is 12.5 Å². The van der Waals surface area contributed by atoms with Crippen molar-refractivity contribution in [2.24, 2.45) is 5.92 Å². The number of aliphatic hydroxyl groups excluding tert-OH is 4. The van der Waals surface area contributed by atoms with Crippen LogP contribution in [0.2, 0.25) is 0 Å². The van der Waals surface area contributed by atoms with E-state index in [1.807, 2.05) is 13.0 Å². The van der Waals surface area contributed by atoms with Gasteiger partial charge >= 0.3 is 0 Å². The molecule has 1 fully saturated rings. The van der Waals surface area contributed by atoms with Gasteiger partial charge in [0.15, 0.2) is 0 Å². The molecular formula is C23H30O4. The Bertz CT molecular complexity index is 753. The van der Waals surface area contributed by atoms with Crippen LogP contribution in [0, 0.1) is 12.8 Å². The smallest absolute Gasteiger partial charge is 0.107 e. The summed E-state index contributed by atoms with van der Waals surface area (Å²) in [7, 11) is 0. The van der Waals surface area contributed by atoms with Crippen LogP contribution in [-0.2, 0) is 12.8 Å². The fourth-order valence-electron chi connectivity index (χ4n) is 4.15. The summed E-state index contributed by atoms with van der Waals surface area (Å²) in [5.74, 6) is -0.735. The molecule has 3 rings (SSSR count). The molecule has 0 amide bonds. The first-order valence-electron chi connectivity index (χ1n) is 9.76. The van der Waals surface area contributed by atoms with Gasteiger partial charge in [-0.15, -0.1) is 0 Å². The molecule has 0 heterocycles. The minimum atomic E-state index is -1.24. The summed E-state index contributed by atoms with van der Waals surface area (Å²) in [6, 6.07) is 14.8. The Balaban J connectivity index is 1.86. The molecule has 0 radical (unpaired) electrons. The van der Waals surface area contributed by atoms with Gasteiger partial charge in [-0.3, -0.25) is 0 Å². The van der Waals surface area contributed by atoms with E-state index in [9.17, 15) is 20.4 Å². The molecule has 4 N–H and O–H groups in total. The Hall–Kier alpha value is -1.72. The predicted molar refractivity (Wildman–Crippen MR) is 106 cm³/mol. The van der Waals surface area contributed by atoms with Gasteiger partial charge < -0.3 is 20.4 Å². The lowest BCUT2D eigenvalue weighted by molar-refractivity contribution is -0.127. The van der Waals surface area contributed by atoms with Gasteiger partial charge in [-0.25, -0.2) is 0 Å². The van der Waals surface area contributed by atoms with E-state index in [4.69, 9.17) is 0 Å². The van der Waals surface area contributed by atoms with Gasteiger partial charge in [0.05, 0.1) is 12.2 Å². The maximum absolute atomic E-state index is 10.5. The minimum absolute atomic E-state index is 0.204. The first-order valence-corrected chi connectivity index (χ1v) is 9.76. The fraction of sp³-hybridized carbons (Fsp3) is 0.478. The highest BCUT2D eigenvalue weighted by molar-refractivity contribution is 5.38. The summed E-state index contributed by atoms with van der Waals surface area (Å²) >= 11 is 0. The average Bonchev–Trinajstić information content (AvgIpc) is 2.69. The van der Waals surface area contributed by atoms with Gasteiger partial charge in [-0.1, -0.05) is 49.4 Å². The summed E-state index contributed by atoms with van der Waals surface area (Å²) in [6.07, 6.45) is -1.11. The van der Waals surface area contributed by atoms with Gasteiger partial charge in [-0.05, 0) is 54.0 Å². The molecule has 1 aliphatic rings. The quantitative estimate of drug-likeness (QED) is 0.651. The van der Waals surface area contributed by atoms with Crippen molar-refractivity contribution >= 4 is 0 Å². The van der Waals surface area contributed by atoms with Crippen molar-refractivity contribution in [3.8, 4) is 0 Å². The van der Waals surface area contributed by atoms with Crippen LogP contribution in [0.1, 0.15) is 47.1 Å². The molecule has 4 heteroatoms. The van der Waals surface area contributed by atoms with Gasteiger partial charge in [0, 0.05) is 18.4 Å². The van der Waals surface area contributed by atoms with Crippen molar-refractivity contribution in [2.45, 2.75) is 57.3 Å². The first-order chi connectivity index (χ1) is 12.9. The summed E-state index contributed by atoms with van der Waals surface area (Å²) in [5.41, 5.74) is 5.72. The van der Waals surface area contributed by atoms with Crippen LogP contribution in [0.4, 0.5) is 0 Å². The Morgan fingerprint density at radius 1 is 0.852 bits per heavy atom. The zero-order valence-corrected chi connectivity index (χ0v) is 16.0. The van der Waals surface area contributed by atoms with E-state index < -0.39 is 24.2 Å². The Morgan fingerprint density at radius 3 is 2.11 bits per heavy atom. The third-order valence-corrected chi connectivity index (χ3v) is 5.97. The van der Waals surface area contributed by atoms with Gasteiger partial charge in [0.25, 0.3) is 0 Å². The van der Waals surface area contributed by atoms with E-state index in [1.165, 1.54) is 11.1 Å². The first kappa shape index (κ1) is 20.0. The predicted octanol–water partition coefficient (Wildman–Crippen LogP) is 2.33. The Kier molecular flexibility index (Phi) is 6.33. The monoisotopic (exact) mass is 370 g/mol. The van der Waals surface area contributed by atoms with Crippen LogP contribution in [0.15, 0.2) is 42.5 Å². The molecule has 146 valence electrons. The summed E-state index contributed by atoms with van der Waals surface area (Å²) in [5, 5.41) is 40.4. The highest BCUT2D eigenvalue weighted by atomic mass is 16.4. The van der Waals surface area contributed by atoms with Crippen molar-refractivity contribution in [2.75, 3.05) is 6.61 Å². The fourth-order valence-corrected chi connectivity index (χ4v) is 4.15. The van der Waals surface area contributed by atoms with Crippen LogP contribution >= 0.6 is 0 Å². The molecule has 5 atom stereocenters. The van der Waals surface area contributed by atoms with Crippen molar-refractivity contribution in [3.63, 3.8) is 0 Å². The van der Waals surface area contributed by atoms with Crippen molar-refractivity contribution in [1.29, 1.82) is 0 Å². The van der Waals surface area contributed by atoms with E-state index in [0.29, 0.717) is 6.42 Å². The lowest BCUT2D eigenvalue weighted by Crippen LogP contribution is -2.51. The van der Waals surface area contributed by atoms with Crippen LogP contribution in [-0.4, -0.2) is 45.3 Å². The summed E-state index contributed by atoms with van der Waals surface area (Å²) in [6.45, 7) is 3.93. The molecular weight excluding hydrogens is 340 g/mol. The molecule has 2 aromatic carbocycles.